The van der Waals surface area contributed by atoms with Crippen LogP contribution in [0.2, 0.25) is 0 Å². The van der Waals surface area contributed by atoms with Gasteiger partial charge < -0.3 is 0 Å². The van der Waals surface area contributed by atoms with Crippen LogP contribution in [0.1, 0.15) is 21.3 Å². The highest BCUT2D eigenvalue weighted by Crippen LogP contribution is 2.47. The Labute approximate surface area is 212 Å². The highest BCUT2D eigenvalue weighted by Gasteiger charge is 2.40. The average molecular weight is 516 g/mol. The summed E-state index contributed by atoms with van der Waals surface area (Å²) in [6.07, 6.45) is 4.42. The zero-order valence-electron chi connectivity index (χ0n) is 18.8. The number of nitrogens with zero attached hydrogens (tertiary/aromatic N) is 6. The molecule has 184 valence electrons. The molecule has 4 aromatic rings. The van der Waals surface area contributed by atoms with Gasteiger partial charge in [-0.25, -0.2) is 4.68 Å². The molecule has 1 aliphatic heterocycles. The van der Waals surface area contributed by atoms with Crippen LogP contribution in [0.4, 0.5) is 17.1 Å². The first-order valence-electron chi connectivity index (χ1n) is 10.8. The lowest BCUT2D eigenvalue weighted by Crippen LogP contribution is -2.28. The van der Waals surface area contributed by atoms with E-state index >= 15 is 0 Å². The van der Waals surface area contributed by atoms with Gasteiger partial charge in [0.1, 0.15) is 11.1 Å². The Morgan fingerprint density at radius 1 is 0.973 bits per heavy atom. The van der Waals surface area contributed by atoms with Gasteiger partial charge in [-0.1, -0.05) is 12.1 Å². The molecule has 0 saturated carbocycles. The fourth-order valence-electron chi connectivity index (χ4n) is 4.00. The molecule has 1 aliphatic rings. The summed E-state index contributed by atoms with van der Waals surface area (Å²) in [6, 6.07) is 14.6. The maximum Gasteiger partial charge on any atom is 0.293 e. The number of rotatable bonds is 6. The van der Waals surface area contributed by atoms with Crippen LogP contribution in [0, 0.1) is 20.2 Å². The predicted octanol–water partition coefficient (Wildman–Crippen LogP) is 4.23. The minimum atomic E-state index is -0.738. The van der Waals surface area contributed by atoms with E-state index in [1.54, 1.807) is 6.07 Å². The zero-order chi connectivity index (χ0) is 26.1. The Balaban J connectivity index is 1.65. The minimum absolute atomic E-state index is 0.0555. The molecule has 3 heterocycles. The number of hydrogen-bond acceptors (Lipinski definition) is 9. The van der Waals surface area contributed by atoms with E-state index < -0.39 is 21.1 Å². The maximum absolute atomic E-state index is 13.2. The molecule has 1 atom stereocenters. The number of aromatic nitrogens is 3. The Bertz CT molecular complexity index is 1540. The molecule has 12 nitrogen and oxygen atoms in total. The molecule has 0 N–H and O–H groups in total. The van der Waals surface area contributed by atoms with Gasteiger partial charge in [-0.2, -0.15) is 5.10 Å². The van der Waals surface area contributed by atoms with Gasteiger partial charge >= 0.3 is 0 Å². The quantitative estimate of drug-likeness (QED) is 0.270. The predicted molar refractivity (Wildman–Crippen MR) is 134 cm³/mol. The second kappa shape index (κ2) is 9.62. The number of pyridine rings is 1. The molecule has 2 aromatic heterocycles. The number of benzene rings is 2. The molecule has 1 unspecified atom stereocenters. The van der Waals surface area contributed by atoms with E-state index in [1.165, 1.54) is 89.8 Å². The van der Waals surface area contributed by atoms with Gasteiger partial charge in [0.25, 0.3) is 17.3 Å². The number of carbonyl (C=O) groups is 2. The van der Waals surface area contributed by atoms with Gasteiger partial charge in [0.2, 0.25) is 5.91 Å². The van der Waals surface area contributed by atoms with Crippen molar-refractivity contribution in [2.24, 2.45) is 0 Å². The zero-order valence-corrected chi connectivity index (χ0v) is 19.6. The van der Waals surface area contributed by atoms with Crippen LogP contribution in [-0.4, -0.2) is 42.2 Å². The van der Waals surface area contributed by atoms with Crippen molar-refractivity contribution in [1.29, 1.82) is 0 Å². The van der Waals surface area contributed by atoms with Crippen molar-refractivity contribution >= 4 is 40.6 Å². The van der Waals surface area contributed by atoms with E-state index in [0.29, 0.717) is 22.4 Å². The SMILES string of the molecule is O=C1CSC(c2cn(C(=O)c3ccncc3)nc2-c2ccc([N+](=O)[O-])cc2)N1c1ccccc1[N+](=O)[O-]. The van der Waals surface area contributed by atoms with Crippen molar-refractivity contribution in [1.82, 2.24) is 14.8 Å². The summed E-state index contributed by atoms with van der Waals surface area (Å²) in [6.45, 7) is 0. The fraction of sp³-hybridized carbons (Fsp3) is 0.0833. The molecule has 0 radical (unpaired) electrons. The first-order valence-corrected chi connectivity index (χ1v) is 11.9. The Hall–Kier alpha value is -4.91. The number of hydrogen-bond donors (Lipinski definition) is 0. The van der Waals surface area contributed by atoms with Crippen LogP contribution in [-0.2, 0) is 4.79 Å². The van der Waals surface area contributed by atoms with E-state index in [-0.39, 0.29) is 28.7 Å². The van der Waals surface area contributed by atoms with Crippen LogP contribution >= 0.6 is 11.8 Å². The Morgan fingerprint density at radius 2 is 1.68 bits per heavy atom. The third kappa shape index (κ3) is 4.43. The van der Waals surface area contributed by atoms with Crippen molar-refractivity contribution in [2.45, 2.75) is 5.37 Å². The molecule has 0 aliphatic carbocycles. The molecule has 2 aromatic carbocycles. The maximum atomic E-state index is 13.2. The third-order valence-electron chi connectivity index (χ3n) is 5.70. The lowest BCUT2D eigenvalue weighted by Gasteiger charge is -2.23. The van der Waals surface area contributed by atoms with Crippen molar-refractivity contribution in [3.05, 3.63) is 111 Å². The molecular formula is C24H16N6O6S. The first kappa shape index (κ1) is 23.8. The normalized spacial score (nSPS) is 15.1. The van der Waals surface area contributed by atoms with Crippen molar-refractivity contribution in [2.75, 3.05) is 10.7 Å². The van der Waals surface area contributed by atoms with Gasteiger partial charge in [0.05, 0.1) is 21.3 Å². The number of nitro groups is 2. The van der Waals surface area contributed by atoms with Gasteiger partial charge in [-0.3, -0.25) is 39.7 Å². The molecule has 1 fully saturated rings. The topological polar surface area (TPSA) is 154 Å². The van der Waals surface area contributed by atoms with E-state index in [4.69, 9.17) is 0 Å². The Kier molecular flexibility index (Phi) is 6.19. The van der Waals surface area contributed by atoms with Gasteiger partial charge in [-0.05, 0) is 30.3 Å². The van der Waals surface area contributed by atoms with Crippen LogP contribution in [0.25, 0.3) is 11.3 Å². The number of amides is 1. The lowest BCUT2D eigenvalue weighted by atomic mass is 10.1. The summed E-state index contributed by atoms with van der Waals surface area (Å²) in [5.74, 6) is -0.740. The van der Waals surface area contributed by atoms with Crippen molar-refractivity contribution in [3.8, 4) is 11.3 Å². The largest absolute Gasteiger partial charge is 0.293 e. The van der Waals surface area contributed by atoms with E-state index in [9.17, 15) is 29.8 Å². The summed E-state index contributed by atoms with van der Waals surface area (Å²) in [4.78, 5) is 53.1. The number of non-ortho nitro benzene ring substituents is 1. The summed E-state index contributed by atoms with van der Waals surface area (Å²) >= 11 is 1.24. The van der Waals surface area contributed by atoms with Crippen LogP contribution < -0.4 is 4.90 Å². The molecule has 37 heavy (non-hydrogen) atoms. The summed E-state index contributed by atoms with van der Waals surface area (Å²) in [5, 5.41) is 26.6. The van der Waals surface area contributed by atoms with Crippen LogP contribution in [0.5, 0.6) is 0 Å². The molecule has 13 heteroatoms. The monoisotopic (exact) mass is 516 g/mol. The standard InChI is InChI=1S/C24H16N6O6S/c31-21-14-37-24(28(21)19-3-1-2-4-20(19)30(35)36)18-13-27(23(32)16-9-11-25-12-10-16)26-22(18)15-5-7-17(8-6-15)29(33)34/h1-13,24H,14H2. The number of para-hydroxylation sites is 2. The highest BCUT2D eigenvalue weighted by molar-refractivity contribution is 8.00. The summed E-state index contributed by atoms with van der Waals surface area (Å²) in [5.41, 5.74) is 1.33. The van der Waals surface area contributed by atoms with Crippen LogP contribution in [0.15, 0.2) is 79.3 Å². The number of carbonyl (C=O) groups excluding carboxylic acids is 2. The molecule has 1 saturated heterocycles. The second-order valence-electron chi connectivity index (χ2n) is 7.90. The Morgan fingerprint density at radius 3 is 2.35 bits per heavy atom. The second-order valence-corrected chi connectivity index (χ2v) is 8.96. The smallest absolute Gasteiger partial charge is 0.289 e. The molecular weight excluding hydrogens is 500 g/mol. The number of thioether (sulfide) groups is 1. The van der Waals surface area contributed by atoms with E-state index in [2.05, 4.69) is 10.1 Å². The van der Waals surface area contributed by atoms with Gasteiger partial charge in [0.15, 0.2) is 0 Å². The average Bonchev–Trinajstić information content (AvgIpc) is 3.52. The molecule has 0 bridgehead atoms. The van der Waals surface area contributed by atoms with Crippen molar-refractivity contribution in [3.63, 3.8) is 0 Å². The summed E-state index contributed by atoms with van der Waals surface area (Å²) < 4.78 is 1.13. The van der Waals surface area contributed by atoms with Crippen molar-refractivity contribution < 1.29 is 19.4 Å². The number of anilines is 1. The molecule has 1 amide bonds. The van der Waals surface area contributed by atoms with Gasteiger partial charge in [-0.15, -0.1) is 11.8 Å². The van der Waals surface area contributed by atoms with Crippen LogP contribution in [0.3, 0.4) is 0 Å². The van der Waals surface area contributed by atoms with E-state index in [1.807, 2.05) is 0 Å². The highest BCUT2D eigenvalue weighted by atomic mass is 32.2. The fourth-order valence-corrected chi connectivity index (χ4v) is 5.17. The van der Waals surface area contributed by atoms with Gasteiger partial charge in [0, 0.05) is 53.5 Å². The number of nitro benzene ring substituents is 2. The molecule has 5 rings (SSSR count). The van der Waals surface area contributed by atoms with E-state index in [0.717, 1.165) is 4.68 Å². The molecule has 0 spiro atoms. The first-order chi connectivity index (χ1) is 17.8. The lowest BCUT2D eigenvalue weighted by molar-refractivity contribution is -0.384. The third-order valence-corrected chi connectivity index (χ3v) is 6.90. The minimum Gasteiger partial charge on any atom is -0.289 e. The summed E-state index contributed by atoms with van der Waals surface area (Å²) in [7, 11) is 0.